The van der Waals surface area contributed by atoms with Gasteiger partial charge in [-0.25, -0.2) is 0 Å². The molecule has 2 fully saturated rings. The summed E-state index contributed by atoms with van der Waals surface area (Å²) in [6.07, 6.45) is 8.22. The Kier molecular flexibility index (Phi) is 4.47. The number of ketones is 1. The van der Waals surface area contributed by atoms with Gasteiger partial charge >= 0.3 is 0 Å². The van der Waals surface area contributed by atoms with Crippen molar-refractivity contribution in [3.05, 3.63) is 24.3 Å². The van der Waals surface area contributed by atoms with Crippen LogP contribution in [0.1, 0.15) is 66.7 Å². The monoisotopic (exact) mass is 304 g/mol. The highest BCUT2D eigenvalue weighted by molar-refractivity contribution is 5.85. The second-order valence-corrected chi connectivity index (χ2v) is 8.54. The van der Waals surface area contributed by atoms with E-state index >= 15 is 0 Å². The van der Waals surface area contributed by atoms with E-state index in [0.29, 0.717) is 18.1 Å². The predicted molar refractivity (Wildman–Crippen MR) is 91.5 cm³/mol. The molecule has 0 radical (unpaired) electrons. The zero-order valence-electron chi connectivity index (χ0n) is 14.9. The van der Waals surface area contributed by atoms with Crippen molar-refractivity contribution in [3.63, 3.8) is 0 Å². The van der Waals surface area contributed by atoms with Gasteiger partial charge in [0.1, 0.15) is 5.78 Å². The molecule has 22 heavy (non-hydrogen) atoms. The Hall–Kier alpha value is -0.890. The normalized spacial score (nSPS) is 41.9. The van der Waals surface area contributed by atoms with Crippen LogP contribution >= 0.6 is 0 Å². The molecule has 1 N–H and O–H groups in total. The molecule has 0 unspecified atom stereocenters. The zero-order valence-corrected chi connectivity index (χ0v) is 14.9. The maximum atomic E-state index is 12.4. The van der Waals surface area contributed by atoms with Gasteiger partial charge < -0.3 is 5.11 Å². The van der Waals surface area contributed by atoms with Gasteiger partial charge in [-0.1, -0.05) is 45.1 Å². The lowest BCUT2D eigenvalue weighted by Crippen LogP contribution is -2.59. The standard InChI is InChI=1S/C20H32O2/c1-7-14(2)8-9-16-19(5)12-11-17(21)18(3,4)15(19)10-13-20(16,6)22/h7-8,15-16,22H,1,9-13H2,2-6H3/b14-8+/t15-,16+,19-,20+/m0/s1. The topological polar surface area (TPSA) is 37.3 Å². The number of allylic oxidation sites excluding steroid dienone is 3. The number of hydrogen-bond acceptors (Lipinski definition) is 2. The van der Waals surface area contributed by atoms with Crippen molar-refractivity contribution in [2.45, 2.75) is 72.3 Å². The largest absolute Gasteiger partial charge is 0.390 e. The van der Waals surface area contributed by atoms with Crippen LogP contribution < -0.4 is 0 Å². The van der Waals surface area contributed by atoms with E-state index < -0.39 is 5.60 Å². The first-order chi connectivity index (χ1) is 10.1. The molecule has 2 aliphatic carbocycles. The maximum absolute atomic E-state index is 12.4. The maximum Gasteiger partial charge on any atom is 0.138 e. The van der Waals surface area contributed by atoms with Gasteiger partial charge in [0.25, 0.3) is 0 Å². The fraction of sp³-hybridized carbons (Fsp3) is 0.750. The average Bonchev–Trinajstić information content (AvgIpc) is 2.41. The Morgan fingerprint density at radius 2 is 1.95 bits per heavy atom. The second kappa shape index (κ2) is 5.63. The third kappa shape index (κ3) is 2.71. The summed E-state index contributed by atoms with van der Waals surface area (Å²) in [5.74, 6) is 0.956. The van der Waals surface area contributed by atoms with E-state index in [9.17, 15) is 9.90 Å². The van der Waals surface area contributed by atoms with Crippen LogP contribution in [0.25, 0.3) is 0 Å². The predicted octanol–water partition coefficient (Wildman–Crippen LogP) is 4.68. The van der Waals surface area contributed by atoms with E-state index in [1.165, 1.54) is 0 Å². The van der Waals surface area contributed by atoms with Gasteiger partial charge in [0, 0.05) is 11.8 Å². The van der Waals surface area contributed by atoms with E-state index in [0.717, 1.165) is 31.3 Å². The van der Waals surface area contributed by atoms with Crippen LogP contribution in [0.15, 0.2) is 24.3 Å². The van der Waals surface area contributed by atoms with E-state index in [4.69, 9.17) is 0 Å². The summed E-state index contributed by atoms with van der Waals surface area (Å²) in [5, 5.41) is 11.0. The molecule has 2 heteroatoms. The SMILES string of the molecule is C=C/C(C)=C/C[C@@H]1[C@@]2(C)CCC(=O)C(C)(C)[C@@H]2CC[C@@]1(C)O. The van der Waals surface area contributed by atoms with Crippen LogP contribution in [0.2, 0.25) is 0 Å². The molecule has 4 atom stereocenters. The van der Waals surface area contributed by atoms with Crippen molar-refractivity contribution < 1.29 is 9.90 Å². The Bertz CT molecular complexity index is 498. The summed E-state index contributed by atoms with van der Waals surface area (Å²) in [7, 11) is 0. The van der Waals surface area contributed by atoms with Gasteiger partial charge in [-0.05, 0) is 56.8 Å². The molecule has 124 valence electrons. The minimum absolute atomic E-state index is 0.0249. The zero-order chi connectivity index (χ0) is 16.8. The molecule has 0 aromatic rings. The fourth-order valence-electron chi connectivity index (χ4n) is 5.24. The van der Waals surface area contributed by atoms with Gasteiger partial charge in [0.15, 0.2) is 0 Å². The Morgan fingerprint density at radius 1 is 1.32 bits per heavy atom. The molecule has 2 nitrogen and oxygen atoms in total. The lowest BCUT2D eigenvalue weighted by atomic mass is 9.45. The van der Waals surface area contributed by atoms with Crippen LogP contribution in [0.5, 0.6) is 0 Å². The fourth-order valence-corrected chi connectivity index (χ4v) is 5.24. The Morgan fingerprint density at radius 3 is 2.55 bits per heavy atom. The van der Waals surface area contributed by atoms with Crippen molar-refractivity contribution >= 4 is 5.78 Å². The van der Waals surface area contributed by atoms with E-state index in [2.05, 4.69) is 40.3 Å². The van der Waals surface area contributed by atoms with E-state index in [-0.39, 0.29) is 16.7 Å². The smallest absolute Gasteiger partial charge is 0.138 e. The van der Waals surface area contributed by atoms with Crippen molar-refractivity contribution in [3.8, 4) is 0 Å². The molecule has 0 aromatic carbocycles. The number of Topliss-reactive ketones (excluding diaryl/α,β-unsaturated/α-hetero) is 1. The van der Waals surface area contributed by atoms with Gasteiger partial charge in [-0.2, -0.15) is 0 Å². The first-order valence-corrected chi connectivity index (χ1v) is 8.60. The molecule has 2 rings (SSSR count). The van der Waals surface area contributed by atoms with Crippen molar-refractivity contribution in [2.24, 2.45) is 22.7 Å². The quantitative estimate of drug-likeness (QED) is 0.769. The molecular weight excluding hydrogens is 272 g/mol. The number of fused-ring (bicyclic) bond motifs is 1. The molecule has 0 heterocycles. The van der Waals surface area contributed by atoms with E-state index in [1.807, 2.05) is 13.0 Å². The molecule has 2 aliphatic rings. The third-order valence-electron chi connectivity index (χ3n) is 6.76. The minimum Gasteiger partial charge on any atom is -0.390 e. The lowest BCUT2D eigenvalue weighted by molar-refractivity contribution is -0.175. The molecule has 0 bridgehead atoms. The average molecular weight is 304 g/mol. The highest BCUT2D eigenvalue weighted by atomic mass is 16.3. The summed E-state index contributed by atoms with van der Waals surface area (Å²) < 4.78 is 0. The number of carbonyl (C=O) groups is 1. The summed E-state index contributed by atoms with van der Waals surface area (Å²) >= 11 is 0. The van der Waals surface area contributed by atoms with Gasteiger partial charge in [0.2, 0.25) is 0 Å². The minimum atomic E-state index is -0.653. The molecule has 0 spiro atoms. The highest BCUT2D eigenvalue weighted by Crippen LogP contribution is 2.61. The number of hydrogen-bond donors (Lipinski definition) is 1. The second-order valence-electron chi connectivity index (χ2n) is 8.54. The van der Waals surface area contributed by atoms with Crippen molar-refractivity contribution in [1.82, 2.24) is 0 Å². The summed E-state index contributed by atoms with van der Waals surface area (Å²) in [6, 6.07) is 0. The summed E-state index contributed by atoms with van der Waals surface area (Å²) in [4.78, 5) is 12.4. The van der Waals surface area contributed by atoms with Crippen LogP contribution in [-0.4, -0.2) is 16.5 Å². The van der Waals surface area contributed by atoms with Crippen LogP contribution in [0, 0.1) is 22.7 Å². The molecule has 0 aliphatic heterocycles. The first kappa shape index (κ1) is 17.5. The van der Waals surface area contributed by atoms with Gasteiger partial charge in [-0.3, -0.25) is 4.79 Å². The number of aliphatic hydroxyl groups is 1. The van der Waals surface area contributed by atoms with Gasteiger partial charge in [-0.15, -0.1) is 0 Å². The third-order valence-corrected chi connectivity index (χ3v) is 6.76. The van der Waals surface area contributed by atoms with Gasteiger partial charge in [0.05, 0.1) is 5.60 Å². The first-order valence-electron chi connectivity index (χ1n) is 8.60. The molecular formula is C20H32O2. The van der Waals surface area contributed by atoms with E-state index in [1.54, 1.807) is 0 Å². The van der Waals surface area contributed by atoms with Crippen LogP contribution in [0.4, 0.5) is 0 Å². The molecule has 0 saturated heterocycles. The van der Waals surface area contributed by atoms with Crippen molar-refractivity contribution in [1.29, 1.82) is 0 Å². The molecule has 2 saturated carbocycles. The van der Waals surface area contributed by atoms with Crippen molar-refractivity contribution in [2.75, 3.05) is 0 Å². The highest BCUT2D eigenvalue weighted by Gasteiger charge is 2.59. The molecule has 0 aromatic heterocycles. The van der Waals surface area contributed by atoms with Crippen LogP contribution in [0.3, 0.4) is 0 Å². The number of carbonyl (C=O) groups excluding carboxylic acids is 1. The lowest BCUT2D eigenvalue weighted by Gasteiger charge is -2.60. The summed E-state index contributed by atoms with van der Waals surface area (Å²) in [5.41, 5.74) is 0.267. The Labute approximate surface area is 135 Å². The number of rotatable bonds is 3. The molecule has 0 amide bonds. The summed E-state index contributed by atoms with van der Waals surface area (Å²) in [6.45, 7) is 14.4. The Balaban J connectivity index is 2.40. The van der Waals surface area contributed by atoms with Crippen LogP contribution in [-0.2, 0) is 4.79 Å².